The summed E-state index contributed by atoms with van der Waals surface area (Å²) in [4.78, 5) is 28.3. The zero-order valence-corrected chi connectivity index (χ0v) is 11.4. The lowest BCUT2D eigenvalue weighted by Crippen LogP contribution is -2.40. The van der Waals surface area contributed by atoms with Crippen LogP contribution in [0.2, 0.25) is 0 Å². The molecule has 1 aliphatic rings. The molecule has 0 aromatic carbocycles. The molecule has 7 heteroatoms. The predicted octanol–water partition coefficient (Wildman–Crippen LogP) is 1.07. The van der Waals surface area contributed by atoms with Crippen molar-refractivity contribution in [2.75, 3.05) is 13.1 Å². The van der Waals surface area contributed by atoms with E-state index in [0.29, 0.717) is 13.1 Å². The van der Waals surface area contributed by atoms with Crippen LogP contribution in [-0.2, 0) is 0 Å². The predicted molar refractivity (Wildman–Crippen MR) is 69.4 cm³/mol. The van der Waals surface area contributed by atoms with Gasteiger partial charge in [-0.1, -0.05) is 0 Å². The Balaban J connectivity index is 1.99. The van der Waals surface area contributed by atoms with Crippen LogP contribution in [-0.4, -0.2) is 51.2 Å². The normalized spacial score (nSPS) is 18.3. The van der Waals surface area contributed by atoms with Gasteiger partial charge in [0.25, 0.3) is 5.91 Å². The van der Waals surface area contributed by atoms with Gasteiger partial charge in [0.1, 0.15) is 0 Å². The molecular weight excluding hydrogens is 268 g/mol. The molecule has 104 valence electrons. The van der Waals surface area contributed by atoms with E-state index in [9.17, 15) is 14.7 Å². The highest BCUT2D eigenvalue weighted by Gasteiger charge is 2.27. The van der Waals surface area contributed by atoms with Gasteiger partial charge in [-0.15, -0.1) is 11.3 Å². The summed E-state index contributed by atoms with van der Waals surface area (Å²) in [5.74, 6) is -1.11. The lowest BCUT2D eigenvalue weighted by atomic mass is 9.92. The molecule has 0 saturated carbocycles. The van der Waals surface area contributed by atoms with Crippen LogP contribution in [0, 0.1) is 5.92 Å². The second kappa shape index (κ2) is 5.66. The molecule has 1 aliphatic heterocycles. The molecule has 1 amide bonds. The Morgan fingerprint density at radius 1 is 1.47 bits per heavy atom. The summed E-state index contributed by atoms with van der Waals surface area (Å²) < 4.78 is 0. The fourth-order valence-electron chi connectivity index (χ4n) is 2.19. The number of carbonyl (C=O) groups is 2. The summed E-state index contributed by atoms with van der Waals surface area (Å²) in [6, 6.07) is 0. The third kappa shape index (κ3) is 3.10. The monoisotopic (exact) mass is 284 g/mol. The highest BCUT2D eigenvalue weighted by Crippen LogP contribution is 2.22. The highest BCUT2D eigenvalue weighted by molar-refractivity contribution is 7.11. The Morgan fingerprint density at radius 2 is 2.11 bits per heavy atom. The zero-order valence-electron chi connectivity index (χ0n) is 10.6. The van der Waals surface area contributed by atoms with Gasteiger partial charge in [-0.3, -0.25) is 4.79 Å². The molecule has 0 bridgehead atoms. The topological polar surface area (TPSA) is 90.7 Å². The molecule has 6 nitrogen and oxygen atoms in total. The second-order valence-corrected chi connectivity index (χ2v) is 5.57. The van der Waals surface area contributed by atoms with Crippen LogP contribution < -0.4 is 0 Å². The van der Waals surface area contributed by atoms with E-state index in [1.807, 2.05) is 0 Å². The van der Waals surface area contributed by atoms with Crippen molar-refractivity contribution in [1.82, 2.24) is 9.88 Å². The van der Waals surface area contributed by atoms with Gasteiger partial charge in [0, 0.05) is 18.5 Å². The Kier molecular flexibility index (Phi) is 4.16. The molecule has 0 aliphatic carbocycles. The van der Waals surface area contributed by atoms with E-state index >= 15 is 0 Å². The molecule has 1 saturated heterocycles. The van der Waals surface area contributed by atoms with Crippen LogP contribution in [0.3, 0.4) is 0 Å². The van der Waals surface area contributed by atoms with Crippen molar-refractivity contribution >= 4 is 23.2 Å². The van der Waals surface area contributed by atoms with Crippen LogP contribution in [0.25, 0.3) is 0 Å². The van der Waals surface area contributed by atoms with E-state index < -0.39 is 5.97 Å². The number of likely N-dealkylation sites (tertiary alicyclic amines) is 1. The summed E-state index contributed by atoms with van der Waals surface area (Å²) in [6.45, 7) is 2.93. The van der Waals surface area contributed by atoms with Gasteiger partial charge in [0.05, 0.1) is 6.10 Å². The van der Waals surface area contributed by atoms with Crippen molar-refractivity contribution in [2.24, 2.45) is 5.92 Å². The Labute approximate surface area is 114 Å². The number of piperidine rings is 1. The van der Waals surface area contributed by atoms with Crippen molar-refractivity contribution in [1.29, 1.82) is 0 Å². The number of carboxylic acids is 1. The number of nitrogens with zero attached hydrogens (tertiary/aromatic N) is 2. The lowest BCUT2D eigenvalue weighted by Gasteiger charge is -2.32. The summed E-state index contributed by atoms with van der Waals surface area (Å²) in [5, 5.41) is 19.9. The Hall–Kier alpha value is -1.47. The Bertz CT molecular complexity index is 478. The first-order valence-corrected chi connectivity index (χ1v) is 7.03. The van der Waals surface area contributed by atoms with E-state index in [1.54, 1.807) is 11.8 Å². The average molecular weight is 284 g/mol. The fraction of sp³-hybridized carbons (Fsp3) is 0.583. The molecule has 1 unspecified atom stereocenters. The summed E-state index contributed by atoms with van der Waals surface area (Å²) in [6.07, 6.45) is 1.18. The molecule has 2 heterocycles. The maximum absolute atomic E-state index is 12.1. The van der Waals surface area contributed by atoms with E-state index in [0.717, 1.165) is 24.2 Å². The van der Waals surface area contributed by atoms with E-state index in [2.05, 4.69) is 4.98 Å². The lowest BCUT2D eigenvalue weighted by molar-refractivity contribution is 0.0521. The molecular formula is C12H16N2O4S. The maximum Gasteiger partial charge on any atom is 0.355 e. The average Bonchev–Trinajstić information content (AvgIpc) is 2.87. The van der Waals surface area contributed by atoms with Gasteiger partial charge in [-0.05, 0) is 25.7 Å². The number of carboxylic acid groups (broad SMARTS) is 1. The number of rotatable bonds is 3. The second-order valence-electron chi connectivity index (χ2n) is 4.71. The van der Waals surface area contributed by atoms with Gasteiger partial charge in [-0.2, -0.15) is 0 Å². The third-order valence-electron chi connectivity index (χ3n) is 3.42. The minimum atomic E-state index is -1.12. The molecule has 1 fully saturated rings. The van der Waals surface area contributed by atoms with Crippen LogP contribution in [0.4, 0.5) is 0 Å². The zero-order chi connectivity index (χ0) is 14.0. The van der Waals surface area contributed by atoms with Gasteiger partial charge >= 0.3 is 5.97 Å². The first-order chi connectivity index (χ1) is 8.99. The minimum absolute atomic E-state index is 0.0905. The van der Waals surface area contributed by atoms with Crippen LogP contribution in [0.5, 0.6) is 0 Å². The van der Waals surface area contributed by atoms with Crippen LogP contribution in [0.15, 0.2) is 5.38 Å². The van der Waals surface area contributed by atoms with E-state index in [1.165, 1.54) is 5.38 Å². The molecule has 2 N–H and O–H groups in total. The molecule has 1 aromatic heterocycles. The molecule has 19 heavy (non-hydrogen) atoms. The number of aromatic carboxylic acids is 1. The van der Waals surface area contributed by atoms with Crippen molar-refractivity contribution in [3.05, 3.63) is 16.1 Å². The number of thiazole rings is 1. The first-order valence-electron chi connectivity index (χ1n) is 6.15. The molecule has 2 rings (SSSR count). The highest BCUT2D eigenvalue weighted by atomic mass is 32.1. The maximum atomic E-state index is 12.1. The van der Waals surface area contributed by atoms with Gasteiger partial charge in [0.15, 0.2) is 10.7 Å². The number of hydrogen-bond acceptors (Lipinski definition) is 5. The molecule has 1 atom stereocenters. The summed E-state index contributed by atoms with van der Waals surface area (Å²) in [5.41, 5.74) is -0.0905. The number of hydrogen-bond donors (Lipinski definition) is 2. The number of aliphatic hydroxyl groups excluding tert-OH is 1. The van der Waals surface area contributed by atoms with Crippen molar-refractivity contribution in [3.8, 4) is 0 Å². The number of carbonyl (C=O) groups excluding carboxylic acids is 1. The van der Waals surface area contributed by atoms with E-state index in [4.69, 9.17) is 5.11 Å². The largest absolute Gasteiger partial charge is 0.476 e. The van der Waals surface area contributed by atoms with Gasteiger partial charge < -0.3 is 15.1 Å². The fourth-order valence-corrected chi connectivity index (χ4v) is 2.95. The number of aromatic nitrogens is 1. The van der Waals surface area contributed by atoms with Crippen LogP contribution >= 0.6 is 11.3 Å². The van der Waals surface area contributed by atoms with Crippen molar-refractivity contribution < 1.29 is 19.8 Å². The van der Waals surface area contributed by atoms with Gasteiger partial charge in [0.2, 0.25) is 0 Å². The van der Waals surface area contributed by atoms with Gasteiger partial charge in [-0.25, -0.2) is 9.78 Å². The smallest absolute Gasteiger partial charge is 0.355 e. The first kappa shape index (κ1) is 14.0. The minimum Gasteiger partial charge on any atom is -0.476 e. The molecule has 0 spiro atoms. The van der Waals surface area contributed by atoms with E-state index in [-0.39, 0.29) is 28.6 Å². The van der Waals surface area contributed by atoms with Crippen molar-refractivity contribution in [2.45, 2.75) is 25.9 Å². The quantitative estimate of drug-likeness (QED) is 0.866. The van der Waals surface area contributed by atoms with Crippen molar-refractivity contribution in [3.63, 3.8) is 0 Å². The third-order valence-corrected chi connectivity index (χ3v) is 4.25. The standard InChI is InChI=1S/C12H16N2O4S/c1-7(15)8-2-4-14(5-3-8)11(16)10-13-9(6-19-10)12(17)18/h6-8,15H,2-5H2,1H3,(H,17,18). The van der Waals surface area contributed by atoms with Crippen LogP contribution in [0.1, 0.15) is 40.1 Å². The molecule has 1 aromatic rings. The molecule has 0 radical (unpaired) electrons. The number of amides is 1. The Morgan fingerprint density at radius 3 is 2.58 bits per heavy atom. The summed E-state index contributed by atoms with van der Waals surface area (Å²) in [7, 11) is 0. The SMILES string of the molecule is CC(O)C1CCN(C(=O)c2nc(C(=O)O)cs2)CC1. The number of aliphatic hydroxyl groups is 1. The summed E-state index contributed by atoms with van der Waals surface area (Å²) >= 11 is 1.05.